The zero-order chi connectivity index (χ0) is 19.9. The summed E-state index contributed by atoms with van der Waals surface area (Å²) in [6.07, 6.45) is 3.13. The van der Waals surface area contributed by atoms with E-state index in [1.54, 1.807) is 4.90 Å². The van der Waals surface area contributed by atoms with E-state index in [0.29, 0.717) is 19.5 Å². The maximum absolute atomic E-state index is 12.2. The molecule has 1 saturated heterocycles. The van der Waals surface area contributed by atoms with Crippen molar-refractivity contribution in [3.05, 3.63) is 42.0 Å². The molecule has 0 aliphatic carbocycles. The van der Waals surface area contributed by atoms with Crippen molar-refractivity contribution in [2.24, 2.45) is 0 Å². The van der Waals surface area contributed by atoms with Crippen LogP contribution in [-0.2, 0) is 19.1 Å². The lowest BCUT2D eigenvalue weighted by molar-refractivity contribution is -0.152. The van der Waals surface area contributed by atoms with Gasteiger partial charge < -0.3 is 15.0 Å². The highest BCUT2D eigenvalue weighted by molar-refractivity contribution is 6.01. The van der Waals surface area contributed by atoms with Crippen molar-refractivity contribution in [1.29, 1.82) is 0 Å². The molecule has 28 heavy (non-hydrogen) atoms. The van der Waals surface area contributed by atoms with Gasteiger partial charge in [0.05, 0.1) is 6.54 Å². The van der Waals surface area contributed by atoms with Crippen molar-refractivity contribution < 1.29 is 23.9 Å². The monoisotopic (exact) mass is 385 g/mol. The second kappa shape index (κ2) is 9.16. The number of amides is 4. The number of ether oxygens (including phenoxy) is 1. The Labute approximate surface area is 163 Å². The van der Waals surface area contributed by atoms with Gasteiger partial charge in [0.25, 0.3) is 5.91 Å². The van der Waals surface area contributed by atoms with Gasteiger partial charge in [-0.3, -0.25) is 19.3 Å². The van der Waals surface area contributed by atoms with Gasteiger partial charge in [0.2, 0.25) is 5.91 Å². The molecule has 0 radical (unpaired) electrons. The highest BCUT2D eigenvalue weighted by Gasteiger charge is 2.28. The topological polar surface area (TPSA) is 96.0 Å². The molecule has 1 N–H and O–H groups in total. The lowest BCUT2D eigenvalue weighted by Gasteiger charge is -2.26. The summed E-state index contributed by atoms with van der Waals surface area (Å²) in [6.45, 7) is 0.938. The van der Waals surface area contributed by atoms with Crippen LogP contribution in [0.2, 0.25) is 0 Å². The van der Waals surface area contributed by atoms with Gasteiger partial charge in [0.1, 0.15) is 0 Å². The minimum absolute atomic E-state index is 0.00590. The van der Waals surface area contributed by atoms with Crippen LogP contribution >= 0.6 is 0 Å². The lowest BCUT2D eigenvalue weighted by atomic mass is 10.00. The van der Waals surface area contributed by atoms with Gasteiger partial charge in [0, 0.05) is 26.1 Å². The first-order chi connectivity index (χ1) is 13.5. The molecule has 4 amide bonds. The molecule has 0 bridgehead atoms. The van der Waals surface area contributed by atoms with Crippen LogP contribution in [0.15, 0.2) is 36.4 Å². The third kappa shape index (κ3) is 4.97. The fourth-order valence-corrected chi connectivity index (χ4v) is 3.18. The molecule has 2 heterocycles. The SMILES string of the molecule is O=C(CCCN1C(=O)CNC1=O)OCC(=O)N1CC=C(c2ccccc2)CC1. The van der Waals surface area contributed by atoms with Crippen LogP contribution in [-0.4, -0.2) is 66.4 Å². The largest absolute Gasteiger partial charge is 0.456 e. The highest BCUT2D eigenvalue weighted by atomic mass is 16.5. The molecule has 0 saturated carbocycles. The predicted octanol–water partition coefficient (Wildman–Crippen LogP) is 1.18. The molecule has 148 valence electrons. The second-order valence-corrected chi connectivity index (χ2v) is 6.65. The van der Waals surface area contributed by atoms with Crippen LogP contribution in [0.25, 0.3) is 5.57 Å². The minimum atomic E-state index is -0.516. The Balaban J connectivity index is 1.36. The van der Waals surface area contributed by atoms with Gasteiger partial charge in [-0.1, -0.05) is 36.4 Å². The summed E-state index contributed by atoms with van der Waals surface area (Å²) in [5.74, 6) is -1.05. The molecule has 1 aromatic carbocycles. The third-order valence-corrected chi connectivity index (χ3v) is 4.76. The van der Waals surface area contributed by atoms with Crippen LogP contribution in [0.3, 0.4) is 0 Å². The van der Waals surface area contributed by atoms with E-state index in [1.165, 1.54) is 5.57 Å². The fraction of sp³-hybridized carbons (Fsp3) is 0.400. The number of nitrogens with one attached hydrogen (secondary N) is 1. The normalized spacial score (nSPS) is 16.6. The molecule has 0 unspecified atom stereocenters. The molecule has 8 heteroatoms. The van der Waals surface area contributed by atoms with Gasteiger partial charge in [0.15, 0.2) is 6.61 Å². The number of hydrogen-bond acceptors (Lipinski definition) is 5. The van der Waals surface area contributed by atoms with Crippen molar-refractivity contribution in [3.8, 4) is 0 Å². The maximum Gasteiger partial charge on any atom is 0.324 e. The zero-order valence-corrected chi connectivity index (χ0v) is 15.6. The number of urea groups is 1. The summed E-state index contributed by atoms with van der Waals surface area (Å²) in [5.41, 5.74) is 2.37. The zero-order valence-electron chi connectivity index (χ0n) is 15.6. The summed E-state index contributed by atoms with van der Waals surface area (Å²) in [6, 6.07) is 9.59. The van der Waals surface area contributed by atoms with E-state index in [4.69, 9.17) is 4.74 Å². The van der Waals surface area contributed by atoms with E-state index in [1.807, 2.05) is 36.4 Å². The van der Waals surface area contributed by atoms with Crippen LogP contribution in [0, 0.1) is 0 Å². The molecule has 3 rings (SSSR count). The highest BCUT2D eigenvalue weighted by Crippen LogP contribution is 2.21. The van der Waals surface area contributed by atoms with Crippen molar-refractivity contribution in [3.63, 3.8) is 0 Å². The number of esters is 1. The van der Waals surface area contributed by atoms with E-state index in [-0.39, 0.29) is 37.9 Å². The third-order valence-electron chi connectivity index (χ3n) is 4.76. The van der Waals surface area contributed by atoms with Gasteiger partial charge in [-0.05, 0) is 24.0 Å². The smallest absolute Gasteiger partial charge is 0.324 e. The number of nitrogens with zero attached hydrogens (tertiary/aromatic N) is 2. The molecule has 0 atom stereocenters. The van der Waals surface area contributed by atoms with Crippen LogP contribution in [0.4, 0.5) is 4.79 Å². The van der Waals surface area contributed by atoms with E-state index < -0.39 is 12.0 Å². The molecular weight excluding hydrogens is 362 g/mol. The molecular formula is C20H23N3O5. The Hall–Kier alpha value is -3.16. The molecule has 0 aromatic heterocycles. The van der Waals surface area contributed by atoms with Crippen molar-refractivity contribution >= 4 is 29.4 Å². The number of rotatable bonds is 7. The Bertz CT molecular complexity index is 774. The molecule has 2 aliphatic heterocycles. The first kappa shape index (κ1) is 19.6. The quantitative estimate of drug-likeness (QED) is 0.562. The number of carbonyl (C=O) groups excluding carboxylic acids is 4. The minimum Gasteiger partial charge on any atom is -0.456 e. The van der Waals surface area contributed by atoms with Gasteiger partial charge in [-0.15, -0.1) is 0 Å². The van der Waals surface area contributed by atoms with Crippen LogP contribution < -0.4 is 5.32 Å². The van der Waals surface area contributed by atoms with Crippen molar-refractivity contribution in [2.45, 2.75) is 19.3 Å². The second-order valence-electron chi connectivity index (χ2n) is 6.65. The molecule has 8 nitrogen and oxygen atoms in total. The standard InChI is InChI=1S/C20H23N3O5/c24-17-13-21-20(27)23(17)10-4-7-19(26)28-14-18(25)22-11-8-16(9-12-22)15-5-2-1-3-6-15/h1-3,5-6,8H,4,7,9-14H2,(H,21,27). The van der Waals surface area contributed by atoms with Gasteiger partial charge in [-0.2, -0.15) is 0 Å². The van der Waals surface area contributed by atoms with E-state index in [2.05, 4.69) is 5.32 Å². The van der Waals surface area contributed by atoms with Gasteiger partial charge in [-0.25, -0.2) is 4.79 Å². The Morgan fingerprint density at radius 3 is 2.57 bits per heavy atom. The van der Waals surface area contributed by atoms with Gasteiger partial charge >= 0.3 is 12.0 Å². The van der Waals surface area contributed by atoms with E-state index >= 15 is 0 Å². The Morgan fingerprint density at radius 1 is 1.14 bits per heavy atom. The Morgan fingerprint density at radius 2 is 1.93 bits per heavy atom. The summed E-state index contributed by atoms with van der Waals surface area (Å²) >= 11 is 0. The fourth-order valence-electron chi connectivity index (χ4n) is 3.18. The molecule has 2 aliphatic rings. The molecule has 1 fully saturated rings. The van der Waals surface area contributed by atoms with E-state index in [9.17, 15) is 19.2 Å². The number of carbonyl (C=O) groups is 4. The summed E-state index contributed by atoms with van der Waals surface area (Å²) in [5, 5.41) is 2.41. The first-order valence-corrected chi connectivity index (χ1v) is 9.30. The summed E-state index contributed by atoms with van der Waals surface area (Å²) < 4.78 is 5.03. The molecule has 1 aromatic rings. The molecule has 0 spiro atoms. The van der Waals surface area contributed by atoms with E-state index in [0.717, 1.165) is 16.9 Å². The number of benzene rings is 1. The van der Waals surface area contributed by atoms with Crippen molar-refractivity contribution in [2.75, 3.05) is 32.8 Å². The average Bonchev–Trinajstić information content (AvgIpc) is 3.05. The van der Waals surface area contributed by atoms with Crippen LogP contribution in [0.5, 0.6) is 0 Å². The first-order valence-electron chi connectivity index (χ1n) is 9.30. The van der Waals surface area contributed by atoms with Crippen LogP contribution in [0.1, 0.15) is 24.8 Å². The summed E-state index contributed by atoms with van der Waals surface area (Å²) in [4.78, 5) is 49.6. The Kier molecular flexibility index (Phi) is 6.41. The van der Waals surface area contributed by atoms with Crippen molar-refractivity contribution in [1.82, 2.24) is 15.1 Å². The number of hydrogen-bond donors (Lipinski definition) is 1. The summed E-state index contributed by atoms with van der Waals surface area (Å²) in [7, 11) is 0. The predicted molar refractivity (Wildman–Crippen MR) is 101 cm³/mol. The number of imide groups is 1. The lowest BCUT2D eigenvalue weighted by Crippen LogP contribution is -2.37. The maximum atomic E-state index is 12.2. The average molecular weight is 385 g/mol.